The molecule has 0 aliphatic rings. The Bertz CT molecular complexity index is 1000. The third-order valence-corrected chi connectivity index (χ3v) is 9.94. The van der Waals surface area contributed by atoms with Crippen molar-refractivity contribution in [2.24, 2.45) is 0 Å². The molecule has 4 rings (SSSR count). The number of nitrogens with zero attached hydrogens (tertiary/aromatic N) is 1. The molecule has 1 nitrogen and oxygen atoms in total. The summed E-state index contributed by atoms with van der Waals surface area (Å²) in [5.41, 5.74) is 2.56. The van der Waals surface area contributed by atoms with Gasteiger partial charge in [-0.05, 0) is 53.9 Å². The van der Waals surface area contributed by atoms with Gasteiger partial charge in [-0.2, -0.15) is 5.26 Å². The van der Waals surface area contributed by atoms with Crippen molar-refractivity contribution in [2.45, 2.75) is 19.0 Å². The van der Waals surface area contributed by atoms with Gasteiger partial charge in [0, 0.05) is 6.42 Å². The van der Waals surface area contributed by atoms with Crippen LogP contribution in [0.3, 0.4) is 0 Å². The number of hydrogen-bond acceptors (Lipinski definition) is 1. The fourth-order valence-corrected chi connectivity index (χ4v) is 8.30. The van der Waals surface area contributed by atoms with Gasteiger partial charge in [0.1, 0.15) is 23.2 Å². The standard InChI is InChI=1S/C28H25NP/c29-22-10-11-24-18-20-25(21-19-24)23-30(26-12-4-1-5-13-26,27-14-6-2-7-15-27)28-16-8-3-9-17-28/h1-9,12-21H,10-11,23H2/q+1. The smallest absolute Gasteiger partial charge is 0.116 e. The molecule has 0 aliphatic heterocycles. The molecule has 0 bridgehead atoms. The van der Waals surface area contributed by atoms with Gasteiger partial charge in [-0.15, -0.1) is 0 Å². The maximum absolute atomic E-state index is 8.87. The van der Waals surface area contributed by atoms with Crippen molar-refractivity contribution in [3.8, 4) is 6.07 Å². The van der Waals surface area contributed by atoms with Gasteiger partial charge < -0.3 is 0 Å². The van der Waals surface area contributed by atoms with E-state index >= 15 is 0 Å². The predicted molar refractivity (Wildman–Crippen MR) is 129 cm³/mol. The molecule has 0 fully saturated rings. The molecule has 0 aliphatic carbocycles. The van der Waals surface area contributed by atoms with Gasteiger partial charge in [0.15, 0.2) is 0 Å². The summed E-state index contributed by atoms with van der Waals surface area (Å²) >= 11 is 0. The maximum atomic E-state index is 8.87. The van der Waals surface area contributed by atoms with Crippen LogP contribution in [0.2, 0.25) is 0 Å². The molecule has 0 spiro atoms. The number of nitriles is 1. The van der Waals surface area contributed by atoms with Crippen molar-refractivity contribution in [1.82, 2.24) is 0 Å². The summed E-state index contributed by atoms with van der Waals surface area (Å²) in [6.45, 7) is 0. The largest absolute Gasteiger partial charge is 0.198 e. The quantitative estimate of drug-likeness (QED) is 0.365. The molecule has 30 heavy (non-hydrogen) atoms. The van der Waals surface area contributed by atoms with Crippen LogP contribution >= 0.6 is 7.26 Å². The van der Waals surface area contributed by atoms with Gasteiger partial charge in [0.25, 0.3) is 0 Å². The molecule has 0 amide bonds. The molecule has 0 saturated heterocycles. The molecule has 0 saturated carbocycles. The Labute approximate surface area is 180 Å². The number of benzene rings is 4. The Morgan fingerprint density at radius 3 is 1.33 bits per heavy atom. The highest BCUT2D eigenvalue weighted by Gasteiger charge is 2.45. The highest BCUT2D eigenvalue weighted by Crippen LogP contribution is 2.58. The molecule has 0 atom stereocenters. The second-order valence-corrected chi connectivity index (χ2v) is 10.9. The Balaban J connectivity index is 1.86. The van der Waals surface area contributed by atoms with Crippen LogP contribution < -0.4 is 15.9 Å². The molecule has 146 valence electrons. The Morgan fingerprint density at radius 2 is 0.933 bits per heavy atom. The van der Waals surface area contributed by atoms with Crippen LogP contribution in [0, 0.1) is 11.3 Å². The molecule has 0 unspecified atom stereocenters. The zero-order valence-electron chi connectivity index (χ0n) is 17.0. The first-order chi connectivity index (χ1) is 14.8. The van der Waals surface area contributed by atoms with Crippen molar-refractivity contribution < 1.29 is 0 Å². The summed E-state index contributed by atoms with van der Waals surface area (Å²) in [6.07, 6.45) is 2.35. The first-order valence-electron chi connectivity index (χ1n) is 10.3. The van der Waals surface area contributed by atoms with E-state index in [-0.39, 0.29) is 0 Å². The first kappa shape index (κ1) is 20.1. The lowest BCUT2D eigenvalue weighted by Gasteiger charge is -2.28. The van der Waals surface area contributed by atoms with E-state index in [0.717, 1.165) is 12.6 Å². The molecule has 4 aromatic rings. The van der Waals surface area contributed by atoms with Crippen molar-refractivity contribution in [2.75, 3.05) is 0 Å². The summed E-state index contributed by atoms with van der Waals surface area (Å²) in [6, 6.07) is 44.0. The molecule has 4 aromatic carbocycles. The molecule has 2 heteroatoms. The first-order valence-corrected chi connectivity index (χ1v) is 12.3. The van der Waals surface area contributed by atoms with E-state index in [0.29, 0.717) is 6.42 Å². The average molecular weight is 406 g/mol. The molecule has 0 heterocycles. The summed E-state index contributed by atoms with van der Waals surface area (Å²) < 4.78 is 0. The monoisotopic (exact) mass is 406 g/mol. The normalized spacial score (nSPS) is 11.0. The lowest BCUT2D eigenvalue weighted by molar-refractivity contribution is 1.01. The van der Waals surface area contributed by atoms with Crippen molar-refractivity contribution in [3.63, 3.8) is 0 Å². The van der Waals surface area contributed by atoms with E-state index < -0.39 is 7.26 Å². The van der Waals surface area contributed by atoms with E-state index in [2.05, 4.69) is 121 Å². The fraction of sp³-hybridized carbons (Fsp3) is 0.107. The summed E-state index contributed by atoms with van der Waals surface area (Å²) in [4.78, 5) is 0. The van der Waals surface area contributed by atoms with Gasteiger partial charge in [-0.3, -0.25) is 0 Å². The van der Waals surface area contributed by atoms with Crippen LogP contribution in [-0.4, -0.2) is 0 Å². The van der Waals surface area contributed by atoms with Crippen molar-refractivity contribution in [1.29, 1.82) is 5.26 Å². The molecular formula is C28H25NP+. The summed E-state index contributed by atoms with van der Waals surface area (Å²) in [5.74, 6) is 0. The fourth-order valence-electron chi connectivity index (χ4n) is 4.05. The summed E-state index contributed by atoms with van der Waals surface area (Å²) in [5, 5.41) is 13.1. The third-order valence-electron chi connectivity index (χ3n) is 5.56. The van der Waals surface area contributed by atoms with Gasteiger partial charge >= 0.3 is 0 Å². The zero-order chi connectivity index (χ0) is 20.7. The lowest BCUT2D eigenvalue weighted by atomic mass is 10.1. The highest BCUT2D eigenvalue weighted by molar-refractivity contribution is 7.95. The minimum absolute atomic E-state index is 0.564. The Kier molecular flexibility index (Phi) is 6.38. The van der Waals surface area contributed by atoms with Crippen LogP contribution in [0.15, 0.2) is 115 Å². The van der Waals surface area contributed by atoms with E-state index in [1.165, 1.54) is 27.0 Å². The Morgan fingerprint density at radius 1 is 0.533 bits per heavy atom. The third kappa shape index (κ3) is 4.20. The SMILES string of the molecule is N#CCCc1ccc(C[P+](c2ccccc2)(c2ccccc2)c2ccccc2)cc1. The van der Waals surface area contributed by atoms with Gasteiger partial charge in [-0.1, -0.05) is 78.9 Å². The minimum Gasteiger partial charge on any atom is -0.198 e. The maximum Gasteiger partial charge on any atom is 0.116 e. The van der Waals surface area contributed by atoms with Crippen molar-refractivity contribution in [3.05, 3.63) is 126 Å². The molecule has 0 aromatic heterocycles. The summed E-state index contributed by atoms with van der Waals surface area (Å²) in [7, 11) is -1.86. The van der Waals surface area contributed by atoms with Crippen LogP contribution in [0.1, 0.15) is 17.5 Å². The molecule has 0 radical (unpaired) electrons. The number of rotatable bonds is 7. The highest BCUT2D eigenvalue weighted by atomic mass is 31.2. The Hall–Kier alpha value is -3.20. The zero-order valence-corrected chi connectivity index (χ0v) is 17.9. The minimum atomic E-state index is -1.86. The number of aryl methyl sites for hydroxylation is 1. The second kappa shape index (κ2) is 9.53. The number of hydrogen-bond donors (Lipinski definition) is 0. The topological polar surface area (TPSA) is 23.8 Å². The molecular weight excluding hydrogens is 381 g/mol. The van der Waals surface area contributed by atoms with E-state index in [1.54, 1.807) is 0 Å². The van der Waals surface area contributed by atoms with Crippen LogP contribution in [0.5, 0.6) is 0 Å². The lowest BCUT2D eigenvalue weighted by Crippen LogP contribution is -2.32. The van der Waals surface area contributed by atoms with E-state index in [1.807, 2.05) is 0 Å². The van der Waals surface area contributed by atoms with E-state index in [4.69, 9.17) is 5.26 Å². The van der Waals surface area contributed by atoms with Crippen LogP contribution in [0.25, 0.3) is 0 Å². The van der Waals surface area contributed by atoms with Crippen LogP contribution in [-0.2, 0) is 12.6 Å². The van der Waals surface area contributed by atoms with E-state index in [9.17, 15) is 0 Å². The predicted octanol–water partition coefficient (Wildman–Crippen LogP) is 5.64. The van der Waals surface area contributed by atoms with Crippen LogP contribution in [0.4, 0.5) is 0 Å². The van der Waals surface area contributed by atoms with Gasteiger partial charge in [-0.25, -0.2) is 0 Å². The van der Waals surface area contributed by atoms with Crippen molar-refractivity contribution >= 4 is 23.2 Å². The second-order valence-electron chi connectivity index (χ2n) is 7.45. The molecule has 0 N–H and O–H groups in total. The van der Waals surface area contributed by atoms with Gasteiger partial charge in [0.05, 0.1) is 12.2 Å². The average Bonchev–Trinajstić information content (AvgIpc) is 2.84. The van der Waals surface area contributed by atoms with Gasteiger partial charge in [0.2, 0.25) is 0 Å².